The monoisotopic (exact) mass is 373 g/mol. The van der Waals surface area contributed by atoms with E-state index >= 15 is 4.39 Å². The molecule has 1 heterocycles. The van der Waals surface area contributed by atoms with Crippen molar-refractivity contribution < 1.29 is 19.0 Å². The summed E-state index contributed by atoms with van der Waals surface area (Å²) in [5, 5.41) is 19.7. The third kappa shape index (κ3) is 3.99. The molecule has 2 aromatic carbocycles. The van der Waals surface area contributed by atoms with E-state index in [1.54, 1.807) is 0 Å². The second-order valence-electron chi connectivity index (χ2n) is 8.19. The van der Waals surface area contributed by atoms with Crippen LogP contribution in [0.2, 0.25) is 0 Å². The van der Waals surface area contributed by atoms with Crippen molar-refractivity contribution in [1.29, 1.82) is 0 Å². The van der Waals surface area contributed by atoms with Crippen LogP contribution in [0.1, 0.15) is 30.1 Å². The summed E-state index contributed by atoms with van der Waals surface area (Å²) >= 11 is 0. The van der Waals surface area contributed by atoms with Gasteiger partial charge in [0, 0.05) is 26.1 Å². The Morgan fingerprint density at radius 2 is 1.74 bits per heavy atom. The van der Waals surface area contributed by atoms with E-state index in [0.29, 0.717) is 43.2 Å². The second kappa shape index (κ2) is 7.21. The molecule has 5 heteroatoms. The van der Waals surface area contributed by atoms with Gasteiger partial charge in [-0.25, -0.2) is 8.78 Å². The number of β-amino-alcohol motifs (C(OH)–C–C–N with tert-alkyl or cyclic N) is 1. The van der Waals surface area contributed by atoms with Gasteiger partial charge in [-0.15, -0.1) is 0 Å². The molecule has 0 spiro atoms. The lowest BCUT2D eigenvalue weighted by atomic mass is 9.93. The van der Waals surface area contributed by atoms with Gasteiger partial charge >= 0.3 is 0 Å². The van der Waals surface area contributed by atoms with Crippen molar-refractivity contribution in [3.8, 4) is 5.75 Å². The Hall–Kier alpha value is -1.98. The van der Waals surface area contributed by atoms with E-state index in [1.165, 1.54) is 18.2 Å². The summed E-state index contributed by atoms with van der Waals surface area (Å²) in [6.07, 6.45) is 0.773. The number of phenolic OH excluding ortho intramolecular Hbond substituents is 1. The van der Waals surface area contributed by atoms with E-state index in [-0.39, 0.29) is 0 Å². The summed E-state index contributed by atoms with van der Waals surface area (Å²) in [6, 6.07) is 13.8. The number of aliphatic hydroxyl groups excluding tert-OH is 1. The molecule has 0 radical (unpaired) electrons. The molecule has 27 heavy (non-hydrogen) atoms. The van der Waals surface area contributed by atoms with E-state index in [4.69, 9.17) is 0 Å². The van der Waals surface area contributed by atoms with Gasteiger partial charge in [-0.3, -0.25) is 4.90 Å². The molecule has 0 bridgehead atoms. The highest BCUT2D eigenvalue weighted by Gasteiger charge is 2.49. The molecule has 1 saturated carbocycles. The first-order chi connectivity index (χ1) is 12.9. The molecule has 0 amide bonds. The highest BCUT2D eigenvalue weighted by Crippen LogP contribution is 2.47. The van der Waals surface area contributed by atoms with E-state index in [2.05, 4.69) is 4.90 Å². The van der Waals surface area contributed by atoms with Gasteiger partial charge in [0.05, 0.1) is 6.10 Å². The van der Waals surface area contributed by atoms with Crippen LogP contribution >= 0.6 is 0 Å². The first-order valence-corrected chi connectivity index (χ1v) is 9.53. The molecule has 2 fully saturated rings. The van der Waals surface area contributed by atoms with Crippen LogP contribution in [0.3, 0.4) is 0 Å². The van der Waals surface area contributed by atoms with Gasteiger partial charge in [0.2, 0.25) is 0 Å². The largest absolute Gasteiger partial charge is 0.505 e. The zero-order chi connectivity index (χ0) is 19.0. The quantitative estimate of drug-likeness (QED) is 0.837. The van der Waals surface area contributed by atoms with Crippen LogP contribution in [0.25, 0.3) is 0 Å². The second-order valence-corrected chi connectivity index (χ2v) is 8.19. The Morgan fingerprint density at radius 1 is 1.07 bits per heavy atom. The van der Waals surface area contributed by atoms with Gasteiger partial charge in [0.1, 0.15) is 5.67 Å². The van der Waals surface area contributed by atoms with Gasteiger partial charge in [-0.1, -0.05) is 36.4 Å². The normalized spacial score (nSPS) is 29.0. The van der Waals surface area contributed by atoms with Crippen LogP contribution in [0, 0.1) is 17.7 Å². The maximum Gasteiger partial charge on any atom is 0.165 e. The number of hydrogen-bond donors (Lipinski definition) is 2. The molecule has 1 saturated heterocycles. The van der Waals surface area contributed by atoms with Crippen LogP contribution in [0.4, 0.5) is 8.78 Å². The van der Waals surface area contributed by atoms with Gasteiger partial charge < -0.3 is 10.2 Å². The number of aliphatic hydroxyl groups is 1. The molecule has 2 N–H and O–H groups in total. The topological polar surface area (TPSA) is 43.7 Å². The Bertz CT molecular complexity index is 784. The van der Waals surface area contributed by atoms with Crippen LogP contribution in [-0.4, -0.2) is 40.4 Å². The van der Waals surface area contributed by atoms with Crippen molar-refractivity contribution >= 4 is 0 Å². The van der Waals surface area contributed by atoms with Gasteiger partial charge in [0.15, 0.2) is 11.6 Å². The summed E-state index contributed by atoms with van der Waals surface area (Å²) in [7, 11) is 0. The van der Waals surface area contributed by atoms with Gasteiger partial charge in [-0.05, 0) is 47.9 Å². The maximum absolute atomic E-state index is 15.3. The van der Waals surface area contributed by atoms with Crippen molar-refractivity contribution in [1.82, 2.24) is 4.90 Å². The number of benzene rings is 2. The molecule has 144 valence electrons. The molecule has 4 rings (SSSR count). The summed E-state index contributed by atoms with van der Waals surface area (Å²) in [4.78, 5) is 2.15. The fraction of sp³-hybridized carbons (Fsp3) is 0.455. The first-order valence-electron chi connectivity index (χ1n) is 9.53. The van der Waals surface area contributed by atoms with Crippen LogP contribution in [0.5, 0.6) is 5.75 Å². The number of fused-ring (bicyclic) bond motifs is 1. The number of aromatic hydroxyl groups is 1. The van der Waals surface area contributed by atoms with Crippen molar-refractivity contribution in [2.24, 2.45) is 11.8 Å². The number of likely N-dealkylation sites (tertiary alicyclic amines) is 1. The zero-order valence-corrected chi connectivity index (χ0v) is 15.2. The van der Waals surface area contributed by atoms with Crippen LogP contribution in [-0.2, 0) is 6.42 Å². The van der Waals surface area contributed by atoms with Gasteiger partial charge in [-0.2, -0.15) is 0 Å². The third-order valence-electron chi connectivity index (χ3n) is 6.06. The number of phenols is 1. The lowest BCUT2D eigenvalue weighted by molar-refractivity contribution is 0.108. The Labute approximate surface area is 158 Å². The molecule has 1 aliphatic heterocycles. The minimum Gasteiger partial charge on any atom is -0.505 e. The first kappa shape index (κ1) is 18.4. The average Bonchev–Trinajstić information content (AvgIpc) is 3.11. The van der Waals surface area contributed by atoms with E-state index in [9.17, 15) is 14.6 Å². The summed E-state index contributed by atoms with van der Waals surface area (Å²) in [5.41, 5.74) is 0.356. The molecular formula is C22H25F2NO2. The average molecular weight is 373 g/mol. The summed E-state index contributed by atoms with van der Waals surface area (Å²) in [6.45, 7) is 1.93. The highest BCUT2D eigenvalue weighted by atomic mass is 19.1. The molecule has 1 unspecified atom stereocenters. The molecule has 2 aliphatic rings. The Morgan fingerprint density at radius 3 is 2.37 bits per heavy atom. The Balaban J connectivity index is 1.33. The molecule has 2 aromatic rings. The number of alkyl halides is 1. The molecular weight excluding hydrogens is 348 g/mol. The molecule has 1 aliphatic carbocycles. The smallest absolute Gasteiger partial charge is 0.165 e. The van der Waals surface area contributed by atoms with Crippen molar-refractivity contribution in [3.63, 3.8) is 0 Å². The summed E-state index contributed by atoms with van der Waals surface area (Å²) < 4.78 is 28.8. The van der Waals surface area contributed by atoms with Crippen molar-refractivity contribution in [3.05, 3.63) is 65.5 Å². The summed E-state index contributed by atoms with van der Waals surface area (Å²) in [5.74, 6) is -0.530. The van der Waals surface area contributed by atoms with Gasteiger partial charge in [0.25, 0.3) is 0 Å². The molecule has 3 nitrogen and oxygen atoms in total. The number of rotatable bonds is 5. The predicted molar refractivity (Wildman–Crippen MR) is 99.7 cm³/mol. The van der Waals surface area contributed by atoms with E-state index < -0.39 is 23.3 Å². The van der Waals surface area contributed by atoms with Crippen LogP contribution < -0.4 is 0 Å². The third-order valence-corrected chi connectivity index (χ3v) is 6.06. The minimum atomic E-state index is -1.14. The predicted octanol–water partition coefficient (Wildman–Crippen LogP) is 3.86. The fourth-order valence-electron chi connectivity index (χ4n) is 4.86. The fourth-order valence-corrected chi connectivity index (χ4v) is 4.86. The van der Waals surface area contributed by atoms with Crippen molar-refractivity contribution in [2.45, 2.75) is 31.0 Å². The van der Waals surface area contributed by atoms with Crippen LogP contribution in [0.15, 0.2) is 48.5 Å². The number of nitrogens with zero attached hydrogens (tertiary/aromatic N) is 1. The van der Waals surface area contributed by atoms with E-state index in [1.807, 2.05) is 30.3 Å². The SMILES string of the molecule is Oc1ccc(C(O)CN2C[C@@H]3C[C@@](F)(Cc4ccccc4)C[C@@H]3C2)cc1F. The number of hydrogen-bond acceptors (Lipinski definition) is 3. The highest BCUT2D eigenvalue weighted by molar-refractivity contribution is 5.29. The molecule has 0 aromatic heterocycles. The molecule has 4 atom stereocenters. The lowest BCUT2D eigenvalue weighted by Crippen LogP contribution is -2.31. The number of halogens is 2. The minimum absolute atomic E-state index is 0.308. The lowest BCUT2D eigenvalue weighted by Gasteiger charge is -2.25. The van der Waals surface area contributed by atoms with E-state index in [0.717, 1.165) is 18.7 Å². The Kier molecular flexibility index (Phi) is 4.91. The maximum atomic E-state index is 15.3. The standard InChI is InChI=1S/C22H25F2NO2/c23-19-8-16(6-7-20(19)26)21(27)14-25-12-17-10-22(24,11-18(17)13-25)9-15-4-2-1-3-5-15/h1-8,17-18,21,26-27H,9-14H2/t17-,18+,21?,22-. The zero-order valence-electron chi connectivity index (χ0n) is 15.2. The van der Waals surface area contributed by atoms with Crippen molar-refractivity contribution in [2.75, 3.05) is 19.6 Å².